The van der Waals surface area contributed by atoms with E-state index in [1.54, 1.807) is 11.8 Å². The van der Waals surface area contributed by atoms with Gasteiger partial charge in [-0.05, 0) is 18.4 Å². The van der Waals surface area contributed by atoms with Crippen LogP contribution in [0.1, 0.15) is 12.0 Å². The number of hydrogen-bond acceptors (Lipinski definition) is 2. The molecule has 0 aliphatic heterocycles. The van der Waals surface area contributed by atoms with E-state index in [-0.39, 0.29) is 5.38 Å². The van der Waals surface area contributed by atoms with E-state index in [4.69, 9.17) is 16.3 Å². The smallest absolute Gasteiger partial charge is 0.0626 e. The van der Waals surface area contributed by atoms with Gasteiger partial charge in [-0.15, -0.1) is 11.6 Å². The molecule has 0 saturated heterocycles. The molecule has 74 valence electrons. The van der Waals surface area contributed by atoms with Crippen molar-refractivity contribution in [3.8, 4) is 0 Å². The van der Waals surface area contributed by atoms with Crippen LogP contribution in [-0.4, -0.2) is 28.9 Å². The Hall–Kier alpha value is -0.540. The molecule has 0 bridgehead atoms. The van der Waals surface area contributed by atoms with Gasteiger partial charge in [0.25, 0.3) is 0 Å². The van der Waals surface area contributed by atoms with Crippen LogP contribution in [0.2, 0.25) is 0 Å². The van der Waals surface area contributed by atoms with Gasteiger partial charge >= 0.3 is 0 Å². The highest BCUT2D eigenvalue weighted by Crippen LogP contribution is 2.08. The number of rotatable bonds is 5. The Kier molecular flexibility index (Phi) is 4.25. The molecule has 4 heteroatoms. The molecule has 1 atom stereocenters. The highest BCUT2D eigenvalue weighted by molar-refractivity contribution is 6.20. The van der Waals surface area contributed by atoms with Gasteiger partial charge in [-0.1, -0.05) is 0 Å². The lowest BCUT2D eigenvalue weighted by Gasteiger charge is -2.05. The normalized spacial score (nSPS) is 13.2. The molecule has 0 spiro atoms. The molecule has 0 radical (unpaired) electrons. The molecule has 1 unspecified atom stereocenters. The van der Waals surface area contributed by atoms with Crippen LogP contribution < -0.4 is 0 Å². The third kappa shape index (κ3) is 3.79. The molecule has 3 nitrogen and oxygen atoms in total. The van der Waals surface area contributed by atoms with Gasteiger partial charge in [0, 0.05) is 20.4 Å². The van der Waals surface area contributed by atoms with Crippen LogP contribution in [0, 0.1) is 0 Å². The Labute approximate surface area is 83.6 Å². The summed E-state index contributed by atoms with van der Waals surface area (Å²) >= 11 is 5.99. The highest BCUT2D eigenvalue weighted by atomic mass is 35.5. The van der Waals surface area contributed by atoms with Gasteiger partial charge in [-0.3, -0.25) is 4.68 Å². The Balaban J connectivity index is 2.26. The van der Waals surface area contributed by atoms with Gasteiger partial charge in [-0.2, -0.15) is 5.10 Å². The minimum atomic E-state index is 0.102. The van der Waals surface area contributed by atoms with Crippen molar-refractivity contribution in [1.82, 2.24) is 9.78 Å². The monoisotopic (exact) mass is 202 g/mol. The van der Waals surface area contributed by atoms with Crippen molar-refractivity contribution in [3.63, 3.8) is 0 Å². The van der Waals surface area contributed by atoms with E-state index in [1.165, 1.54) is 5.56 Å². The summed E-state index contributed by atoms with van der Waals surface area (Å²) in [6, 6.07) is 0. The number of methoxy groups -OCH3 is 1. The second-order valence-electron chi connectivity index (χ2n) is 3.11. The first kappa shape index (κ1) is 10.5. The van der Waals surface area contributed by atoms with Crippen molar-refractivity contribution >= 4 is 11.6 Å². The molecule has 0 N–H and O–H groups in total. The largest absolute Gasteiger partial charge is 0.383 e. The van der Waals surface area contributed by atoms with E-state index in [0.29, 0.717) is 6.61 Å². The maximum absolute atomic E-state index is 5.99. The SMILES string of the molecule is COCC(Cl)CCc1cnn(C)c1. The van der Waals surface area contributed by atoms with Crippen molar-refractivity contribution < 1.29 is 4.74 Å². The predicted octanol–water partition coefficient (Wildman–Crippen LogP) is 1.61. The molecule has 0 amide bonds. The molecule has 0 fully saturated rings. The van der Waals surface area contributed by atoms with Crippen LogP contribution in [0.15, 0.2) is 12.4 Å². The zero-order valence-electron chi connectivity index (χ0n) is 8.03. The topological polar surface area (TPSA) is 27.1 Å². The first-order valence-electron chi connectivity index (χ1n) is 4.33. The van der Waals surface area contributed by atoms with Crippen LogP contribution in [0.3, 0.4) is 0 Å². The van der Waals surface area contributed by atoms with Crippen LogP contribution in [0.25, 0.3) is 0 Å². The molecule has 1 rings (SSSR count). The lowest BCUT2D eigenvalue weighted by molar-refractivity contribution is 0.195. The van der Waals surface area contributed by atoms with E-state index in [0.717, 1.165) is 12.8 Å². The van der Waals surface area contributed by atoms with Crippen LogP contribution in [-0.2, 0) is 18.2 Å². The Morgan fingerprint density at radius 3 is 3.00 bits per heavy atom. The summed E-state index contributed by atoms with van der Waals surface area (Å²) in [5.74, 6) is 0. The summed E-state index contributed by atoms with van der Waals surface area (Å²) in [6.45, 7) is 0.613. The van der Waals surface area contributed by atoms with Gasteiger partial charge < -0.3 is 4.74 Å². The Bertz CT molecular complexity index is 250. The molecule has 1 aromatic rings. The summed E-state index contributed by atoms with van der Waals surface area (Å²) in [5.41, 5.74) is 1.23. The minimum Gasteiger partial charge on any atom is -0.383 e. The maximum atomic E-state index is 5.99. The standard InChI is InChI=1S/C9H15ClN2O/c1-12-6-8(5-11-12)3-4-9(10)7-13-2/h5-6,9H,3-4,7H2,1-2H3. The average Bonchev–Trinajstić information content (AvgIpc) is 2.49. The number of aryl methyl sites for hydroxylation is 2. The summed E-state index contributed by atoms with van der Waals surface area (Å²) < 4.78 is 6.74. The zero-order valence-corrected chi connectivity index (χ0v) is 8.79. The third-order valence-electron chi connectivity index (χ3n) is 1.85. The van der Waals surface area contributed by atoms with Crippen molar-refractivity contribution in [3.05, 3.63) is 18.0 Å². The Morgan fingerprint density at radius 1 is 1.69 bits per heavy atom. The number of halogens is 1. The minimum absolute atomic E-state index is 0.102. The number of ether oxygens (including phenoxy) is 1. The molecule has 0 aliphatic rings. The number of alkyl halides is 1. The predicted molar refractivity (Wildman–Crippen MR) is 53.0 cm³/mol. The van der Waals surface area contributed by atoms with Gasteiger partial charge in [0.15, 0.2) is 0 Å². The van der Waals surface area contributed by atoms with Crippen LogP contribution in [0.5, 0.6) is 0 Å². The van der Waals surface area contributed by atoms with E-state index >= 15 is 0 Å². The molecule has 0 aliphatic carbocycles. The highest BCUT2D eigenvalue weighted by Gasteiger charge is 2.04. The van der Waals surface area contributed by atoms with Crippen molar-refractivity contribution in [2.45, 2.75) is 18.2 Å². The number of aromatic nitrogens is 2. The summed E-state index contributed by atoms with van der Waals surface area (Å²) in [6.07, 6.45) is 5.78. The van der Waals surface area contributed by atoms with Gasteiger partial charge in [0.05, 0.1) is 18.2 Å². The lowest BCUT2D eigenvalue weighted by Crippen LogP contribution is -2.08. The van der Waals surface area contributed by atoms with Crippen molar-refractivity contribution in [2.75, 3.05) is 13.7 Å². The Morgan fingerprint density at radius 2 is 2.46 bits per heavy atom. The number of nitrogens with zero attached hydrogens (tertiary/aromatic N) is 2. The molecular weight excluding hydrogens is 188 g/mol. The molecular formula is C9H15ClN2O. The van der Waals surface area contributed by atoms with E-state index in [2.05, 4.69) is 5.10 Å². The van der Waals surface area contributed by atoms with Gasteiger partial charge in [0.2, 0.25) is 0 Å². The summed E-state index contributed by atoms with van der Waals surface area (Å²) in [4.78, 5) is 0. The molecule has 13 heavy (non-hydrogen) atoms. The fourth-order valence-electron chi connectivity index (χ4n) is 1.19. The fourth-order valence-corrected chi connectivity index (χ4v) is 1.42. The number of hydrogen-bond donors (Lipinski definition) is 0. The molecule has 1 aromatic heterocycles. The second-order valence-corrected chi connectivity index (χ2v) is 3.73. The third-order valence-corrected chi connectivity index (χ3v) is 2.20. The lowest BCUT2D eigenvalue weighted by atomic mass is 10.1. The molecule has 1 heterocycles. The average molecular weight is 203 g/mol. The van der Waals surface area contributed by atoms with Crippen molar-refractivity contribution in [1.29, 1.82) is 0 Å². The maximum Gasteiger partial charge on any atom is 0.0626 e. The molecule has 0 aromatic carbocycles. The van der Waals surface area contributed by atoms with Crippen LogP contribution in [0.4, 0.5) is 0 Å². The first-order chi connectivity index (χ1) is 6.22. The molecule has 0 saturated carbocycles. The summed E-state index contributed by atoms with van der Waals surface area (Å²) in [5, 5.41) is 4.18. The van der Waals surface area contributed by atoms with Crippen LogP contribution >= 0.6 is 11.6 Å². The summed E-state index contributed by atoms with van der Waals surface area (Å²) in [7, 11) is 3.58. The quantitative estimate of drug-likeness (QED) is 0.679. The van der Waals surface area contributed by atoms with Gasteiger partial charge in [-0.25, -0.2) is 0 Å². The van der Waals surface area contributed by atoms with E-state index < -0.39 is 0 Å². The van der Waals surface area contributed by atoms with E-state index in [1.807, 2.05) is 19.4 Å². The van der Waals surface area contributed by atoms with Crippen molar-refractivity contribution in [2.24, 2.45) is 7.05 Å². The zero-order chi connectivity index (χ0) is 9.68. The fraction of sp³-hybridized carbons (Fsp3) is 0.667. The van der Waals surface area contributed by atoms with Gasteiger partial charge in [0.1, 0.15) is 0 Å². The second kappa shape index (κ2) is 5.25. The first-order valence-corrected chi connectivity index (χ1v) is 4.76. The van der Waals surface area contributed by atoms with E-state index in [9.17, 15) is 0 Å².